The zero-order chi connectivity index (χ0) is 14.0. The molecule has 1 heterocycles. The minimum atomic E-state index is -1.18. The predicted octanol–water partition coefficient (Wildman–Crippen LogP) is 3.87. The molecule has 19 heavy (non-hydrogen) atoms. The molecule has 1 aliphatic heterocycles. The monoisotopic (exact) mass is 274 g/mol. The van der Waals surface area contributed by atoms with Crippen LogP contribution in [0.1, 0.15) is 37.2 Å². The average molecular weight is 274 g/mol. The van der Waals surface area contributed by atoms with Crippen LogP contribution in [0.3, 0.4) is 0 Å². The van der Waals surface area contributed by atoms with Gasteiger partial charge in [0, 0.05) is 17.0 Å². The third-order valence-electron chi connectivity index (χ3n) is 3.33. The Morgan fingerprint density at radius 1 is 1.16 bits per heavy atom. The van der Waals surface area contributed by atoms with Gasteiger partial charge in [0.15, 0.2) is 17.9 Å². The van der Waals surface area contributed by atoms with Gasteiger partial charge < -0.3 is 9.47 Å². The van der Waals surface area contributed by atoms with E-state index in [0.29, 0.717) is 13.2 Å². The maximum Gasteiger partial charge on any atom is 0.186 e. The third kappa shape index (κ3) is 2.92. The number of ether oxygens (including phenoxy) is 2. The molecule has 1 aliphatic rings. The van der Waals surface area contributed by atoms with Gasteiger partial charge in [-0.15, -0.1) is 0 Å². The molecule has 0 atom stereocenters. The van der Waals surface area contributed by atoms with E-state index in [4.69, 9.17) is 9.47 Å². The summed E-state index contributed by atoms with van der Waals surface area (Å²) in [6.45, 7) is 4.07. The molecule has 1 saturated heterocycles. The van der Waals surface area contributed by atoms with E-state index < -0.39 is 23.7 Å². The van der Waals surface area contributed by atoms with Crippen molar-refractivity contribution in [3.63, 3.8) is 0 Å². The molecule has 106 valence electrons. The molecule has 0 radical (unpaired) electrons. The highest BCUT2D eigenvalue weighted by Crippen LogP contribution is 2.31. The van der Waals surface area contributed by atoms with Crippen LogP contribution in [0.15, 0.2) is 6.07 Å². The van der Waals surface area contributed by atoms with Crippen LogP contribution in [-0.2, 0) is 9.47 Å². The molecular weight excluding hydrogens is 257 g/mol. The standard InChI is InChI=1S/C14H17F3O2/c1-3-4-9-6-18-14(19-7-9)10-5-11(15)8(2)12(16)13(10)17/h5,9,14H,3-4,6-7H2,1-2H3/t9-,14-. The van der Waals surface area contributed by atoms with Gasteiger partial charge in [0.1, 0.15) is 5.82 Å². The van der Waals surface area contributed by atoms with E-state index in [1.807, 2.05) is 0 Å². The second-order valence-electron chi connectivity index (χ2n) is 4.85. The SMILES string of the molecule is CCC[C@H]1CO[C@H](c2cc(F)c(C)c(F)c2F)OC1. The van der Waals surface area contributed by atoms with E-state index >= 15 is 0 Å². The van der Waals surface area contributed by atoms with Gasteiger partial charge in [-0.05, 0) is 19.4 Å². The van der Waals surface area contributed by atoms with Crippen LogP contribution in [0, 0.1) is 30.3 Å². The molecule has 0 spiro atoms. The number of rotatable bonds is 3. The molecule has 0 N–H and O–H groups in total. The van der Waals surface area contributed by atoms with Crippen LogP contribution < -0.4 is 0 Å². The lowest BCUT2D eigenvalue weighted by molar-refractivity contribution is -0.207. The lowest BCUT2D eigenvalue weighted by Crippen LogP contribution is -2.27. The molecule has 0 amide bonds. The lowest BCUT2D eigenvalue weighted by atomic mass is 10.0. The van der Waals surface area contributed by atoms with Crippen molar-refractivity contribution in [3.8, 4) is 0 Å². The fourth-order valence-electron chi connectivity index (χ4n) is 2.17. The number of hydrogen-bond donors (Lipinski definition) is 0. The lowest BCUT2D eigenvalue weighted by Gasteiger charge is -2.29. The highest BCUT2D eigenvalue weighted by atomic mass is 19.2. The summed E-state index contributed by atoms with van der Waals surface area (Å²) in [5.74, 6) is -2.82. The quantitative estimate of drug-likeness (QED) is 0.779. The van der Waals surface area contributed by atoms with E-state index in [9.17, 15) is 13.2 Å². The van der Waals surface area contributed by atoms with Gasteiger partial charge in [-0.1, -0.05) is 13.3 Å². The van der Waals surface area contributed by atoms with Gasteiger partial charge in [0.05, 0.1) is 13.2 Å². The van der Waals surface area contributed by atoms with E-state index in [-0.39, 0.29) is 17.0 Å². The molecule has 0 aromatic heterocycles. The van der Waals surface area contributed by atoms with E-state index in [1.165, 1.54) is 6.92 Å². The Morgan fingerprint density at radius 2 is 1.79 bits per heavy atom. The number of halogens is 3. The average Bonchev–Trinajstić information content (AvgIpc) is 2.42. The summed E-state index contributed by atoms with van der Waals surface area (Å²) in [6.07, 6.45) is 0.924. The number of benzene rings is 1. The summed E-state index contributed by atoms with van der Waals surface area (Å²) in [5.41, 5.74) is -0.545. The van der Waals surface area contributed by atoms with Gasteiger partial charge >= 0.3 is 0 Å². The topological polar surface area (TPSA) is 18.5 Å². The summed E-state index contributed by atoms with van der Waals surface area (Å²) in [6, 6.07) is 0.943. The molecule has 1 aromatic rings. The highest BCUT2D eigenvalue weighted by Gasteiger charge is 2.28. The zero-order valence-electron chi connectivity index (χ0n) is 11.0. The van der Waals surface area contributed by atoms with Crippen molar-refractivity contribution in [2.75, 3.05) is 13.2 Å². The minimum Gasteiger partial charge on any atom is -0.348 e. The maximum absolute atomic E-state index is 13.8. The first kappa shape index (κ1) is 14.3. The molecule has 0 aliphatic carbocycles. The molecular formula is C14H17F3O2. The summed E-state index contributed by atoms with van der Waals surface area (Å²) in [4.78, 5) is 0. The minimum absolute atomic E-state index is 0.212. The fraction of sp³-hybridized carbons (Fsp3) is 0.571. The van der Waals surface area contributed by atoms with E-state index in [1.54, 1.807) is 0 Å². The summed E-state index contributed by atoms with van der Waals surface area (Å²) in [5, 5.41) is 0. The second-order valence-corrected chi connectivity index (χ2v) is 4.85. The van der Waals surface area contributed by atoms with E-state index in [2.05, 4.69) is 6.92 Å². The Morgan fingerprint density at radius 3 is 2.37 bits per heavy atom. The van der Waals surface area contributed by atoms with Crippen molar-refractivity contribution in [1.82, 2.24) is 0 Å². The summed E-state index contributed by atoms with van der Waals surface area (Å²) < 4.78 is 51.4. The van der Waals surface area contributed by atoms with Crippen molar-refractivity contribution in [2.24, 2.45) is 5.92 Å². The Labute approximate surface area is 110 Å². The van der Waals surface area contributed by atoms with Crippen LogP contribution in [0.4, 0.5) is 13.2 Å². The normalized spacial score (nSPS) is 23.6. The molecule has 2 rings (SSSR count). The van der Waals surface area contributed by atoms with Crippen LogP contribution in [-0.4, -0.2) is 13.2 Å². The molecule has 0 saturated carbocycles. The van der Waals surface area contributed by atoms with Crippen LogP contribution >= 0.6 is 0 Å². The van der Waals surface area contributed by atoms with E-state index in [0.717, 1.165) is 18.9 Å². The molecule has 2 nitrogen and oxygen atoms in total. The second kappa shape index (κ2) is 5.92. The molecule has 1 aromatic carbocycles. The van der Waals surface area contributed by atoms with Crippen molar-refractivity contribution in [3.05, 3.63) is 34.6 Å². The van der Waals surface area contributed by atoms with Gasteiger partial charge in [-0.2, -0.15) is 0 Å². The molecule has 1 fully saturated rings. The summed E-state index contributed by atoms with van der Waals surface area (Å²) >= 11 is 0. The first-order chi connectivity index (χ1) is 9.04. The van der Waals surface area contributed by atoms with Crippen molar-refractivity contribution in [1.29, 1.82) is 0 Å². The van der Waals surface area contributed by atoms with Gasteiger partial charge in [-0.25, -0.2) is 13.2 Å². The maximum atomic E-state index is 13.8. The van der Waals surface area contributed by atoms with Crippen LogP contribution in [0.2, 0.25) is 0 Å². The molecule has 0 unspecified atom stereocenters. The van der Waals surface area contributed by atoms with Gasteiger partial charge in [0.25, 0.3) is 0 Å². The third-order valence-corrected chi connectivity index (χ3v) is 3.33. The smallest absolute Gasteiger partial charge is 0.186 e. The fourth-order valence-corrected chi connectivity index (χ4v) is 2.17. The Bertz CT molecular complexity index is 454. The summed E-state index contributed by atoms with van der Waals surface area (Å²) in [7, 11) is 0. The predicted molar refractivity (Wildman–Crippen MR) is 64.1 cm³/mol. The number of hydrogen-bond acceptors (Lipinski definition) is 2. The largest absolute Gasteiger partial charge is 0.348 e. The molecule has 5 heteroatoms. The van der Waals surface area contributed by atoms with Crippen molar-refractivity contribution < 1.29 is 22.6 Å². The van der Waals surface area contributed by atoms with Gasteiger partial charge in [-0.3, -0.25) is 0 Å². The highest BCUT2D eigenvalue weighted by molar-refractivity contribution is 5.28. The zero-order valence-corrected chi connectivity index (χ0v) is 11.0. The van der Waals surface area contributed by atoms with Crippen LogP contribution in [0.5, 0.6) is 0 Å². The molecule has 0 bridgehead atoms. The van der Waals surface area contributed by atoms with Crippen LogP contribution in [0.25, 0.3) is 0 Å². The Balaban J connectivity index is 2.16. The Kier molecular flexibility index (Phi) is 4.47. The van der Waals surface area contributed by atoms with Gasteiger partial charge in [0.2, 0.25) is 0 Å². The van der Waals surface area contributed by atoms with Crippen molar-refractivity contribution >= 4 is 0 Å². The Hall–Kier alpha value is -1.07. The first-order valence-corrected chi connectivity index (χ1v) is 6.41. The first-order valence-electron chi connectivity index (χ1n) is 6.41. The van der Waals surface area contributed by atoms with Crippen molar-refractivity contribution in [2.45, 2.75) is 33.0 Å².